The number of alkyl halides is 3. The molecule has 1 aliphatic heterocycles. The van der Waals surface area contributed by atoms with Crippen molar-refractivity contribution in [3.05, 3.63) is 6.54 Å². The monoisotopic (exact) mass is 183 g/mol. The van der Waals surface area contributed by atoms with Gasteiger partial charge in [0.2, 0.25) is 0 Å². The van der Waals surface area contributed by atoms with Crippen molar-refractivity contribution < 1.29 is 22.7 Å². The van der Waals surface area contributed by atoms with Crippen LogP contribution in [0.15, 0.2) is 0 Å². The lowest BCUT2D eigenvalue weighted by Crippen LogP contribution is -2.33. The zero-order valence-corrected chi connectivity index (χ0v) is 6.05. The molecule has 1 unspecified atom stereocenters. The number of carbonyl (C=O) groups excluding carboxylic acids is 1. The first kappa shape index (κ1) is 9.11. The van der Waals surface area contributed by atoms with Crippen LogP contribution in [0.1, 0.15) is 0 Å². The normalized spacial score (nSPS) is 24.5. The van der Waals surface area contributed by atoms with E-state index in [2.05, 4.69) is 4.74 Å². The summed E-state index contributed by atoms with van der Waals surface area (Å²) in [6.07, 6.45) is -6.15. The number of nitrogens with one attached hydrogen (secondary N) is 1. The van der Waals surface area contributed by atoms with Gasteiger partial charge < -0.3 is 10.2 Å². The second-order valence-corrected chi connectivity index (χ2v) is 2.19. The molecule has 4 nitrogen and oxygen atoms in total. The number of likely N-dealkylation sites (N-methyl/N-ethyl adjacent to an activating group) is 1. The van der Waals surface area contributed by atoms with Gasteiger partial charge in [-0.2, -0.15) is 0 Å². The van der Waals surface area contributed by atoms with E-state index in [0.717, 1.165) is 11.4 Å². The number of nitrogens with zero attached hydrogens (tertiary/aromatic N) is 1. The van der Waals surface area contributed by atoms with Crippen LogP contribution in [0.5, 0.6) is 0 Å². The van der Waals surface area contributed by atoms with Gasteiger partial charge in [-0.05, 0) is 0 Å². The van der Waals surface area contributed by atoms with Gasteiger partial charge in [0.1, 0.15) is 6.54 Å². The predicted octanol–water partition coefficient (Wildman–Crippen LogP) is 0.666. The Morgan fingerprint density at radius 3 is 2.58 bits per heavy atom. The third-order valence-electron chi connectivity index (χ3n) is 1.21. The van der Waals surface area contributed by atoms with Gasteiger partial charge in [0.05, 0.1) is 0 Å². The minimum absolute atomic E-state index is 0.621. The maximum Gasteiger partial charge on any atom is 0.524 e. The molecule has 1 heterocycles. The predicted molar refractivity (Wildman–Crippen MR) is 31.5 cm³/mol. The highest BCUT2D eigenvalue weighted by atomic mass is 19.4. The summed E-state index contributed by atoms with van der Waals surface area (Å²) in [5, 5.41) is 1.95. The number of halogens is 3. The van der Waals surface area contributed by atoms with Gasteiger partial charge >= 0.3 is 12.4 Å². The molecule has 0 aliphatic carbocycles. The highest BCUT2D eigenvalue weighted by Crippen LogP contribution is 2.21. The SMILES string of the molecule is CN1[CH]C(OC(F)(F)F)NC1=O. The Kier molecular flexibility index (Phi) is 2.14. The summed E-state index contributed by atoms with van der Waals surface area (Å²) in [7, 11) is 1.33. The van der Waals surface area contributed by atoms with Crippen molar-refractivity contribution in [3.8, 4) is 0 Å². The van der Waals surface area contributed by atoms with E-state index in [1.807, 2.05) is 5.32 Å². The van der Waals surface area contributed by atoms with Crippen LogP contribution in [0, 0.1) is 6.54 Å². The number of carbonyl (C=O) groups is 1. The molecular weight excluding hydrogens is 177 g/mol. The zero-order chi connectivity index (χ0) is 9.35. The van der Waals surface area contributed by atoms with Crippen LogP contribution in [-0.4, -0.2) is 30.6 Å². The third-order valence-corrected chi connectivity index (χ3v) is 1.21. The summed E-state index contributed by atoms with van der Waals surface area (Å²) in [5.74, 6) is 0. The molecule has 0 aromatic carbocycles. The van der Waals surface area contributed by atoms with Crippen LogP contribution in [0.4, 0.5) is 18.0 Å². The quantitative estimate of drug-likeness (QED) is 0.649. The average Bonchev–Trinajstić information content (AvgIpc) is 2.07. The molecule has 0 spiro atoms. The average molecular weight is 183 g/mol. The second kappa shape index (κ2) is 2.81. The van der Waals surface area contributed by atoms with Crippen LogP contribution in [-0.2, 0) is 4.74 Å². The van der Waals surface area contributed by atoms with E-state index in [4.69, 9.17) is 0 Å². The van der Waals surface area contributed by atoms with Crippen molar-refractivity contribution in [2.45, 2.75) is 12.6 Å². The molecule has 1 fully saturated rings. The maximum absolute atomic E-state index is 11.5. The molecule has 0 saturated carbocycles. The molecule has 7 heteroatoms. The lowest BCUT2D eigenvalue weighted by atomic mass is 10.6. The van der Waals surface area contributed by atoms with E-state index in [9.17, 15) is 18.0 Å². The molecule has 1 N–H and O–H groups in total. The Hall–Kier alpha value is -0.980. The Balaban J connectivity index is 2.43. The summed E-state index contributed by atoms with van der Waals surface area (Å²) in [5.41, 5.74) is 0. The molecule has 2 amide bonds. The van der Waals surface area contributed by atoms with Crippen molar-refractivity contribution in [1.29, 1.82) is 0 Å². The minimum Gasteiger partial charge on any atom is -0.318 e. The number of hydrogen-bond donors (Lipinski definition) is 1. The first-order valence-electron chi connectivity index (χ1n) is 3.01. The van der Waals surface area contributed by atoms with Gasteiger partial charge in [-0.15, -0.1) is 13.2 Å². The first-order valence-corrected chi connectivity index (χ1v) is 3.01. The lowest BCUT2D eigenvalue weighted by Gasteiger charge is -2.12. The molecule has 1 rings (SSSR count). The van der Waals surface area contributed by atoms with Gasteiger partial charge in [0, 0.05) is 7.05 Å². The summed E-state index contributed by atoms with van der Waals surface area (Å²) >= 11 is 0. The van der Waals surface area contributed by atoms with E-state index >= 15 is 0 Å². The second-order valence-electron chi connectivity index (χ2n) is 2.19. The summed E-state index contributed by atoms with van der Waals surface area (Å²) in [6, 6.07) is -0.621. The van der Waals surface area contributed by atoms with E-state index < -0.39 is 18.6 Å². The van der Waals surface area contributed by atoms with Crippen LogP contribution >= 0.6 is 0 Å². The molecular formula is C5H6F3N2O2. The topological polar surface area (TPSA) is 41.6 Å². The van der Waals surface area contributed by atoms with Crippen molar-refractivity contribution in [1.82, 2.24) is 10.2 Å². The van der Waals surface area contributed by atoms with Crippen LogP contribution in [0.25, 0.3) is 0 Å². The molecule has 69 valence electrons. The molecule has 12 heavy (non-hydrogen) atoms. The molecule has 1 saturated heterocycles. The number of amides is 2. The fourth-order valence-corrected chi connectivity index (χ4v) is 0.735. The Morgan fingerprint density at radius 1 is 1.67 bits per heavy atom. The van der Waals surface area contributed by atoms with E-state index in [0.29, 0.717) is 0 Å². The Labute approximate surface area is 66.3 Å². The van der Waals surface area contributed by atoms with Crippen molar-refractivity contribution >= 4 is 6.03 Å². The van der Waals surface area contributed by atoms with Gasteiger partial charge in [0.25, 0.3) is 0 Å². The standard InChI is InChI=1S/C5H6F3N2O2/c1-10-2-3(9-4(10)11)12-5(6,7)8/h2-3H,1H3,(H,9,11). The smallest absolute Gasteiger partial charge is 0.318 e. The van der Waals surface area contributed by atoms with Gasteiger partial charge in [-0.1, -0.05) is 0 Å². The number of hydrogen-bond acceptors (Lipinski definition) is 2. The Morgan fingerprint density at radius 2 is 2.25 bits per heavy atom. The highest BCUT2D eigenvalue weighted by molar-refractivity contribution is 5.77. The van der Waals surface area contributed by atoms with Crippen molar-refractivity contribution in [3.63, 3.8) is 0 Å². The largest absolute Gasteiger partial charge is 0.524 e. The summed E-state index contributed by atoms with van der Waals surface area (Å²) in [6.45, 7) is 0.996. The van der Waals surface area contributed by atoms with Crippen LogP contribution in [0.2, 0.25) is 0 Å². The van der Waals surface area contributed by atoms with Gasteiger partial charge in [0.15, 0.2) is 6.23 Å². The van der Waals surface area contributed by atoms with Crippen molar-refractivity contribution in [2.24, 2.45) is 0 Å². The van der Waals surface area contributed by atoms with Crippen LogP contribution < -0.4 is 5.32 Å². The molecule has 1 atom stereocenters. The van der Waals surface area contributed by atoms with Crippen molar-refractivity contribution in [2.75, 3.05) is 7.05 Å². The fraction of sp³-hybridized carbons (Fsp3) is 0.600. The van der Waals surface area contributed by atoms with E-state index in [-0.39, 0.29) is 0 Å². The zero-order valence-electron chi connectivity index (χ0n) is 6.05. The lowest BCUT2D eigenvalue weighted by molar-refractivity contribution is -0.339. The molecule has 0 aromatic heterocycles. The number of rotatable bonds is 1. The summed E-state index contributed by atoms with van der Waals surface area (Å²) in [4.78, 5) is 11.6. The van der Waals surface area contributed by atoms with E-state index in [1.165, 1.54) is 7.05 Å². The fourth-order valence-electron chi connectivity index (χ4n) is 0.735. The maximum atomic E-state index is 11.5. The summed E-state index contributed by atoms with van der Waals surface area (Å²) < 4.78 is 38.2. The van der Waals surface area contributed by atoms with Gasteiger partial charge in [-0.25, -0.2) is 4.79 Å². The van der Waals surface area contributed by atoms with E-state index in [1.54, 1.807) is 0 Å². The molecule has 0 aromatic rings. The molecule has 1 aliphatic rings. The number of ether oxygens (including phenoxy) is 1. The Bertz CT molecular complexity index is 194. The molecule has 1 radical (unpaired) electrons. The highest BCUT2D eigenvalue weighted by Gasteiger charge is 2.38. The van der Waals surface area contributed by atoms with Crippen LogP contribution in [0.3, 0.4) is 0 Å². The van der Waals surface area contributed by atoms with Gasteiger partial charge in [-0.3, -0.25) is 4.74 Å². The molecule has 0 bridgehead atoms. The third kappa shape index (κ3) is 2.26. The first-order chi connectivity index (χ1) is 5.38. The number of urea groups is 1. The minimum atomic E-state index is -4.74.